The molecule has 0 saturated carbocycles. The van der Waals surface area contributed by atoms with Gasteiger partial charge in [0.2, 0.25) is 0 Å². The standard InChI is InChI=1S/C16H23N3O3S/c1-3-4-12(2)19-10-16(22-15(19)21)5-7-18(8-6-16)14(20)13-9-23-11-17-13/h9,11-12H,3-8,10H2,1-2H3/t12-/m1/s1. The quantitative estimate of drug-likeness (QED) is 0.847. The van der Waals surface area contributed by atoms with Gasteiger partial charge in [-0.2, -0.15) is 0 Å². The number of likely N-dealkylation sites (tertiary alicyclic amines) is 1. The number of thiazole rings is 1. The van der Waals surface area contributed by atoms with Gasteiger partial charge in [0, 0.05) is 37.4 Å². The number of carbonyl (C=O) groups excluding carboxylic acids is 2. The smallest absolute Gasteiger partial charge is 0.410 e. The fourth-order valence-electron chi connectivity index (χ4n) is 3.42. The largest absolute Gasteiger partial charge is 0.441 e. The lowest BCUT2D eigenvalue weighted by Gasteiger charge is -2.37. The van der Waals surface area contributed by atoms with E-state index in [4.69, 9.17) is 4.74 Å². The van der Waals surface area contributed by atoms with Gasteiger partial charge in [-0.05, 0) is 13.3 Å². The van der Waals surface area contributed by atoms with Gasteiger partial charge in [0.25, 0.3) is 5.91 Å². The maximum atomic E-state index is 12.3. The summed E-state index contributed by atoms with van der Waals surface area (Å²) in [6.45, 7) is 6.06. The van der Waals surface area contributed by atoms with Crippen molar-refractivity contribution in [3.63, 3.8) is 0 Å². The summed E-state index contributed by atoms with van der Waals surface area (Å²) in [6, 6.07) is 0.210. The highest BCUT2D eigenvalue weighted by atomic mass is 32.1. The van der Waals surface area contributed by atoms with Crippen LogP contribution >= 0.6 is 11.3 Å². The van der Waals surface area contributed by atoms with Crippen LogP contribution in [0.2, 0.25) is 0 Å². The molecule has 1 spiro atoms. The predicted octanol–water partition coefficient (Wildman–Crippen LogP) is 2.76. The van der Waals surface area contributed by atoms with Gasteiger partial charge in [0.15, 0.2) is 0 Å². The zero-order chi connectivity index (χ0) is 16.4. The summed E-state index contributed by atoms with van der Waals surface area (Å²) < 4.78 is 5.72. The Kier molecular flexibility index (Phi) is 4.57. The molecule has 1 atom stereocenters. The first-order valence-corrected chi connectivity index (χ1v) is 9.16. The molecule has 0 radical (unpaired) electrons. The average Bonchev–Trinajstić information content (AvgIpc) is 3.16. The van der Waals surface area contributed by atoms with Crippen LogP contribution in [0, 0.1) is 0 Å². The number of ether oxygens (including phenoxy) is 1. The van der Waals surface area contributed by atoms with Gasteiger partial charge in [-0.15, -0.1) is 11.3 Å². The Morgan fingerprint density at radius 1 is 1.48 bits per heavy atom. The summed E-state index contributed by atoms with van der Waals surface area (Å²) in [5.41, 5.74) is 1.76. The van der Waals surface area contributed by atoms with E-state index >= 15 is 0 Å². The first-order chi connectivity index (χ1) is 11.0. The Labute approximate surface area is 140 Å². The topological polar surface area (TPSA) is 62.7 Å². The second-order valence-electron chi connectivity index (χ2n) is 6.48. The summed E-state index contributed by atoms with van der Waals surface area (Å²) in [4.78, 5) is 32.3. The molecule has 0 N–H and O–H groups in total. The summed E-state index contributed by atoms with van der Waals surface area (Å²) in [5.74, 6) is -0.0263. The Balaban J connectivity index is 1.60. The minimum atomic E-state index is -0.419. The highest BCUT2D eigenvalue weighted by Crippen LogP contribution is 2.35. The van der Waals surface area contributed by atoms with Gasteiger partial charge in [0.1, 0.15) is 11.3 Å². The van der Waals surface area contributed by atoms with E-state index in [1.165, 1.54) is 11.3 Å². The van der Waals surface area contributed by atoms with Gasteiger partial charge < -0.3 is 14.5 Å². The van der Waals surface area contributed by atoms with Crippen molar-refractivity contribution in [3.05, 3.63) is 16.6 Å². The zero-order valence-corrected chi connectivity index (χ0v) is 14.5. The van der Waals surface area contributed by atoms with Crippen LogP contribution in [0.5, 0.6) is 0 Å². The molecule has 1 aromatic heterocycles. The molecule has 0 aliphatic carbocycles. The van der Waals surface area contributed by atoms with Crippen LogP contribution < -0.4 is 0 Å². The molecule has 0 aromatic carbocycles. The fraction of sp³-hybridized carbons (Fsp3) is 0.688. The average molecular weight is 337 g/mol. The molecule has 3 rings (SSSR count). The maximum Gasteiger partial charge on any atom is 0.410 e. The minimum absolute atomic E-state index is 0.0263. The molecular formula is C16H23N3O3S. The van der Waals surface area contributed by atoms with Gasteiger partial charge in [-0.1, -0.05) is 13.3 Å². The molecule has 1 aromatic rings. The van der Waals surface area contributed by atoms with Gasteiger partial charge in [0.05, 0.1) is 12.1 Å². The normalized spacial score (nSPS) is 21.6. The molecule has 0 unspecified atom stereocenters. The van der Waals surface area contributed by atoms with Crippen LogP contribution in [0.4, 0.5) is 4.79 Å². The zero-order valence-electron chi connectivity index (χ0n) is 13.7. The van der Waals surface area contributed by atoms with Crippen LogP contribution in [-0.4, -0.2) is 58.1 Å². The van der Waals surface area contributed by atoms with Gasteiger partial charge in [-0.25, -0.2) is 9.78 Å². The Bertz CT molecular complexity index is 567. The van der Waals surface area contributed by atoms with E-state index in [2.05, 4.69) is 18.8 Å². The first kappa shape index (κ1) is 16.2. The van der Waals surface area contributed by atoms with Gasteiger partial charge in [-0.3, -0.25) is 4.79 Å². The van der Waals surface area contributed by atoms with Crippen LogP contribution in [0.3, 0.4) is 0 Å². The van der Waals surface area contributed by atoms with E-state index < -0.39 is 5.60 Å². The SMILES string of the molecule is CCC[C@@H](C)N1CC2(CCN(C(=O)c3cscn3)CC2)OC1=O. The van der Waals surface area contributed by atoms with Crippen molar-refractivity contribution in [2.24, 2.45) is 0 Å². The molecule has 2 aliphatic heterocycles. The monoisotopic (exact) mass is 337 g/mol. The van der Waals surface area contributed by atoms with Crippen molar-refractivity contribution in [1.29, 1.82) is 0 Å². The molecule has 2 saturated heterocycles. The van der Waals surface area contributed by atoms with E-state index in [0.29, 0.717) is 38.2 Å². The van der Waals surface area contributed by atoms with Crippen LogP contribution in [-0.2, 0) is 4.74 Å². The third kappa shape index (κ3) is 3.20. The predicted molar refractivity (Wildman–Crippen MR) is 87.5 cm³/mol. The molecular weight excluding hydrogens is 314 g/mol. The number of rotatable bonds is 4. The number of carbonyl (C=O) groups is 2. The second kappa shape index (κ2) is 6.47. The van der Waals surface area contributed by atoms with E-state index in [0.717, 1.165) is 12.8 Å². The maximum absolute atomic E-state index is 12.3. The first-order valence-electron chi connectivity index (χ1n) is 8.22. The van der Waals surface area contributed by atoms with Gasteiger partial charge >= 0.3 is 6.09 Å². The number of hydrogen-bond donors (Lipinski definition) is 0. The summed E-state index contributed by atoms with van der Waals surface area (Å²) >= 11 is 1.42. The number of hydrogen-bond acceptors (Lipinski definition) is 5. The van der Waals surface area contributed by atoms with Crippen LogP contribution in [0.25, 0.3) is 0 Å². The Morgan fingerprint density at radius 3 is 2.83 bits per heavy atom. The van der Waals surface area contributed by atoms with E-state index in [1.807, 2.05) is 9.80 Å². The molecule has 23 heavy (non-hydrogen) atoms. The molecule has 7 heteroatoms. The van der Waals surface area contributed by atoms with Crippen molar-refractivity contribution in [1.82, 2.24) is 14.8 Å². The number of nitrogens with zero attached hydrogens (tertiary/aromatic N) is 3. The lowest BCUT2D eigenvalue weighted by Crippen LogP contribution is -2.49. The highest BCUT2D eigenvalue weighted by Gasteiger charge is 2.48. The molecule has 2 fully saturated rings. The third-order valence-electron chi connectivity index (χ3n) is 4.85. The van der Waals surface area contributed by atoms with Crippen molar-refractivity contribution < 1.29 is 14.3 Å². The van der Waals surface area contributed by atoms with Crippen LogP contribution in [0.15, 0.2) is 10.9 Å². The van der Waals surface area contributed by atoms with E-state index in [1.54, 1.807) is 10.9 Å². The summed E-state index contributed by atoms with van der Waals surface area (Å²) in [7, 11) is 0. The van der Waals surface area contributed by atoms with E-state index in [-0.39, 0.29) is 18.0 Å². The van der Waals surface area contributed by atoms with Crippen molar-refractivity contribution in [3.8, 4) is 0 Å². The Morgan fingerprint density at radius 2 is 2.22 bits per heavy atom. The van der Waals surface area contributed by atoms with E-state index in [9.17, 15) is 9.59 Å². The number of amides is 2. The molecule has 6 nitrogen and oxygen atoms in total. The lowest BCUT2D eigenvalue weighted by molar-refractivity contribution is 0.00292. The van der Waals surface area contributed by atoms with Crippen molar-refractivity contribution in [2.75, 3.05) is 19.6 Å². The molecule has 2 amide bonds. The summed E-state index contributed by atoms with van der Waals surface area (Å²) in [6.07, 6.45) is 3.23. The molecule has 2 aliphatic rings. The minimum Gasteiger partial charge on any atom is -0.441 e. The molecule has 3 heterocycles. The summed E-state index contributed by atoms with van der Waals surface area (Å²) in [5, 5.41) is 1.77. The van der Waals surface area contributed by atoms with Crippen molar-refractivity contribution >= 4 is 23.3 Å². The third-order valence-corrected chi connectivity index (χ3v) is 5.44. The van der Waals surface area contributed by atoms with Crippen LogP contribution in [0.1, 0.15) is 50.0 Å². The fourth-order valence-corrected chi connectivity index (χ4v) is 3.94. The Hall–Kier alpha value is -1.63. The number of piperidine rings is 1. The highest BCUT2D eigenvalue weighted by molar-refractivity contribution is 7.07. The molecule has 126 valence electrons. The second-order valence-corrected chi connectivity index (χ2v) is 7.20. The molecule has 0 bridgehead atoms. The lowest BCUT2D eigenvalue weighted by atomic mass is 9.91. The van der Waals surface area contributed by atoms with Crippen molar-refractivity contribution in [2.45, 2.75) is 51.2 Å². The number of aromatic nitrogens is 1.